The molecule has 1 fully saturated rings. The molecule has 1 N–H and O–H groups in total. The second kappa shape index (κ2) is 6.48. The minimum Gasteiger partial charge on any atom is -0.423 e. The Labute approximate surface area is 152 Å². The molecule has 0 bridgehead atoms. The number of aromatic nitrogens is 3. The highest BCUT2D eigenvalue weighted by Crippen LogP contribution is 2.30. The van der Waals surface area contributed by atoms with Gasteiger partial charge in [-0.1, -0.05) is 12.1 Å². The lowest BCUT2D eigenvalue weighted by Crippen LogP contribution is -2.32. The Balaban J connectivity index is 1.41. The summed E-state index contributed by atoms with van der Waals surface area (Å²) in [5.41, 5.74) is 3.04. The lowest BCUT2D eigenvalue weighted by molar-refractivity contribution is 0.0939. The number of benzene rings is 1. The Kier molecular flexibility index (Phi) is 4.14. The lowest BCUT2D eigenvalue weighted by atomic mass is 10.1. The molecule has 7 nitrogen and oxygen atoms in total. The third kappa shape index (κ3) is 2.94. The van der Waals surface area contributed by atoms with Crippen molar-refractivity contribution in [1.29, 1.82) is 0 Å². The highest BCUT2D eigenvalue weighted by Gasteiger charge is 2.32. The Bertz CT molecular complexity index is 892. The summed E-state index contributed by atoms with van der Waals surface area (Å²) in [4.78, 5) is 23.4. The van der Waals surface area contributed by atoms with Crippen molar-refractivity contribution in [2.24, 2.45) is 13.0 Å². The average molecular weight is 353 g/mol. The molecule has 1 aliphatic rings. The number of hydrogen-bond acceptors (Lipinski definition) is 5. The fourth-order valence-corrected chi connectivity index (χ4v) is 3.73. The van der Waals surface area contributed by atoms with Gasteiger partial charge in [-0.05, 0) is 38.3 Å². The number of hydrogen-bond donors (Lipinski definition) is 1. The number of anilines is 1. The smallest absolute Gasteiger partial charge is 0.298 e. The van der Waals surface area contributed by atoms with Crippen molar-refractivity contribution in [2.45, 2.75) is 26.3 Å². The van der Waals surface area contributed by atoms with E-state index in [2.05, 4.69) is 27.1 Å². The van der Waals surface area contributed by atoms with E-state index >= 15 is 0 Å². The predicted molar refractivity (Wildman–Crippen MR) is 99.2 cm³/mol. The van der Waals surface area contributed by atoms with Gasteiger partial charge in [0, 0.05) is 26.2 Å². The van der Waals surface area contributed by atoms with Crippen LogP contribution in [0, 0.1) is 12.8 Å². The number of rotatable bonds is 4. The van der Waals surface area contributed by atoms with Gasteiger partial charge in [0.25, 0.3) is 11.9 Å². The molecular formula is C19H23N5O2. The second-order valence-electron chi connectivity index (χ2n) is 7.07. The van der Waals surface area contributed by atoms with E-state index in [-0.39, 0.29) is 5.91 Å². The second-order valence-corrected chi connectivity index (χ2v) is 7.07. The van der Waals surface area contributed by atoms with Crippen molar-refractivity contribution in [1.82, 2.24) is 19.9 Å². The van der Waals surface area contributed by atoms with Crippen LogP contribution >= 0.6 is 0 Å². The van der Waals surface area contributed by atoms with Crippen molar-refractivity contribution in [2.75, 3.05) is 18.0 Å². The van der Waals surface area contributed by atoms with Gasteiger partial charge in [0.05, 0.1) is 12.0 Å². The van der Waals surface area contributed by atoms with Gasteiger partial charge >= 0.3 is 0 Å². The molecule has 0 aliphatic carbocycles. The van der Waals surface area contributed by atoms with Crippen LogP contribution in [0.25, 0.3) is 11.1 Å². The van der Waals surface area contributed by atoms with E-state index in [1.165, 1.54) is 0 Å². The van der Waals surface area contributed by atoms with Crippen LogP contribution in [0.2, 0.25) is 0 Å². The Morgan fingerprint density at radius 1 is 1.38 bits per heavy atom. The molecule has 0 saturated carbocycles. The van der Waals surface area contributed by atoms with E-state index in [0.29, 0.717) is 30.2 Å². The Morgan fingerprint density at radius 3 is 2.92 bits per heavy atom. The topological polar surface area (TPSA) is 76.2 Å². The lowest BCUT2D eigenvalue weighted by Gasteiger charge is -2.18. The number of fused-ring (bicyclic) bond motifs is 1. The largest absolute Gasteiger partial charge is 0.423 e. The van der Waals surface area contributed by atoms with Crippen LogP contribution in [0.1, 0.15) is 29.5 Å². The molecule has 2 aromatic heterocycles. The van der Waals surface area contributed by atoms with Crippen molar-refractivity contribution in [3.8, 4) is 0 Å². The number of imidazole rings is 1. The fourth-order valence-electron chi connectivity index (χ4n) is 3.73. The summed E-state index contributed by atoms with van der Waals surface area (Å²) >= 11 is 0. The minimum atomic E-state index is -0.0736. The van der Waals surface area contributed by atoms with Crippen molar-refractivity contribution in [3.05, 3.63) is 42.0 Å². The van der Waals surface area contributed by atoms with Gasteiger partial charge in [-0.25, -0.2) is 4.98 Å². The normalized spacial score (nSPS) is 20.0. The summed E-state index contributed by atoms with van der Waals surface area (Å²) in [7, 11) is 1.83. The average Bonchev–Trinajstić information content (AvgIpc) is 3.29. The maximum Gasteiger partial charge on any atom is 0.298 e. The number of amides is 1. The Hall–Kier alpha value is -2.83. The molecule has 0 radical (unpaired) electrons. The summed E-state index contributed by atoms with van der Waals surface area (Å²) in [6.45, 7) is 5.46. The maximum atomic E-state index is 12.4. The van der Waals surface area contributed by atoms with E-state index < -0.39 is 0 Å². The molecule has 2 unspecified atom stereocenters. The molecule has 1 aromatic carbocycles. The van der Waals surface area contributed by atoms with Crippen molar-refractivity contribution in [3.63, 3.8) is 0 Å². The predicted octanol–water partition coefficient (Wildman–Crippen LogP) is 2.51. The zero-order valence-corrected chi connectivity index (χ0v) is 15.3. The van der Waals surface area contributed by atoms with Gasteiger partial charge < -0.3 is 19.2 Å². The molecule has 7 heteroatoms. The van der Waals surface area contributed by atoms with Crippen LogP contribution in [0.4, 0.5) is 6.01 Å². The zero-order valence-electron chi connectivity index (χ0n) is 15.3. The molecule has 136 valence electrons. The van der Waals surface area contributed by atoms with Gasteiger partial charge in [-0.3, -0.25) is 4.79 Å². The molecule has 26 heavy (non-hydrogen) atoms. The molecule has 1 aliphatic heterocycles. The van der Waals surface area contributed by atoms with E-state index in [1.807, 2.05) is 38.2 Å². The van der Waals surface area contributed by atoms with Crippen LogP contribution in [0.3, 0.4) is 0 Å². The number of carbonyl (C=O) groups is 1. The molecule has 1 amide bonds. The monoisotopic (exact) mass is 353 g/mol. The maximum absolute atomic E-state index is 12.4. The van der Waals surface area contributed by atoms with Gasteiger partial charge in [-0.15, -0.1) is 0 Å². The molecule has 3 heterocycles. The zero-order chi connectivity index (χ0) is 18.3. The minimum absolute atomic E-state index is 0.0736. The molecular weight excluding hydrogens is 330 g/mol. The summed E-state index contributed by atoms with van der Waals surface area (Å²) < 4.78 is 7.66. The molecule has 2 atom stereocenters. The number of nitrogens with zero attached hydrogens (tertiary/aromatic N) is 4. The first-order chi connectivity index (χ1) is 12.5. The summed E-state index contributed by atoms with van der Waals surface area (Å²) in [6.07, 6.45) is 2.65. The summed E-state index contributed by atoms with van der Waals surface area (Å²) in [6, 6.07) is 8.78. The number of para-hydroxylation sites is 2. The van der Waals surface area contributed by atoms with E-state index in [4.69, 9.17) is 4.42 Å². The highest BCUT2D eigenvalue weighted by atomic mass is 16.4. The third-order valence-corrected chi connectivity index (χ3v) is 5.08. The molecule has 1 saturated heterocycles. The molecule has 0 spiro atoms. The number of carbonyl (C=O) groups excluding carboxylic acids is 1. The van der Waals surface area contributed by atoms with E-state index in [9.17, 15) is 4.79 Å². The molecule has 3 aromatic rings. The summed E-state index contributed by atoms with van der Waals surface area (Å²) in [5, 5.41) is 3.05. The van der Waals surface area contributed by atoms with Gasteiger partial charge in [-0.2, -0.15) is 4.98 Å². The van der Waals surface area contributed by atoms with Crippen LogP contribution in [0.5, 0.6) is 0 Å². The highest BCUT2D eigenvalue weighted by molar-refractivity contribution is 5.93. The first kappa shape index (κ1) is 16.6. The standard InChI is InChI=1S/C19H23N5O2/c1-12-8-14(9-20-18(25)17-13(2)21-11-23(17)3)10-24(12)19-22-15-6-4-5-7-16(15)26-19/h4-7,11-12,14H,8-10H2,1-3H3,(H,20,25). The fraction of sp³-hybridized carbons (Fsp3) is 0.421. The summed E-state index contributed by atoms with van der Waals surface area (Å²) in [5.74, 6) is 0.285. The third-order valence-electron chi connectivity index (χ3n) is 5.08. The number of nitrogens with one attached hydrogen (secondary N) is 1. The van der Waals surface area contributed by atoms with Gasteiger partial charge in [0.1, 0.15) is 11.2 Å². The van der Waals surface area contributed by atoms with Crippen LogP contribution in [0.15, 0.2) is 35.0 Å². The molecule has 4 rings (SSSR count). The van der Waals surface area contributed by atoms with Gasteiger partial charge in [0.15, 0.2) is 5.58 Å². The first-order valence-electron chi connectivity index (χ1n) is 8.91. The van der Waals surface area contributed by atoms with E-state index in [0.717, 1.165) is 29.8 Å². The quantitative estimate of drug-likeness (QED) is 0.780. The Morgan fingerprint density at radius 2 is 2.19 bits per heavy atom. The number of aryl methyl sites for hydroxylation is 2. The van der Waals surface area contributed by atoms with E-state index in [1.54, 1.807) is 10.9 Å². The SMILES string of the molecule is Cc1ncn(C)c1C(=O)NCC1CC(C)N(c2nc3ccccc3o2)C1. The van der Waals surface area contributed by atoms with Crippen LogP contribution in [-0.4, -0.2) is 39.6 Å². The van der Waals surface area contributed by atoms with Crippen LogP contribution in [-0.2, 0) is 7.05 Å². The van der Waals surface area contributed by atoms with Crippen molar-refractivity contribution < 1.29 is 9.21 Å². The first-order valence-corrected chi connectivity index (χ1v) is 8.91. The van der Waals surface area contributed by atoms with Gasteiger partial charge in [0.2, 0.25) is 0 Å². The van der Waals surface area contributed by atoms with Crippen molar-refractivity contribution >= 4 is 23.0 Å². The van der Waals surface area contributed by atoms with Crippen LogP contribution < -0.4 is 10.2 Å². The number of oxazole rings is 1.